The third-order valence-corrected chi connectivity index (χ3v) is 4.78. The van der Waals surface area contributed by atoms with Crippen molar-refractivity contribution in [2.24, 2.45) is 0 Å². The van der Waals surface area contributed by atoms with Crippen molar-refractivity contribution in [1.82, 2.24) is 15.8 Å². The minimum atomic E-state index is -1.71. The highest BCUT2D eigenvalue weighted by Crippen LogP contribution is 2.43. The molecule has 4 amide bonds. The summed E-state index contributed by atoms with van der Waals surface area (Å²) in [6, 6.07) is 4.73. The number of carbonyl (C=O) groups excluding carboxylic acids is 3. The van der Waals surface area contributed by atoms with Crippen LogP contribution in [-0.4, -0.2) is 23.0 Å². The maximum absolute atomic E-state index is 13.2. The van der Waals surface area contributed by atoms with Gasteiger partial charge in [-0.15, -0.1) is 0 Å². The molecule has 1 saturated heterocycles. The second-order valence-electron chi connectivity index (χ2n) is 6.37. The highest BCUT2D eigenvalue weighted by Gasteiger charge is 2.61. The van der Waals surface area contributed by atoms with E-state index in [1.54, 1.807) is 26.0 Å². The average molecular weight is 340 g/mol. The monoisotopic (exact) mass is 340 g/mol. The van der Waals surface area contributed by atoms with E-state index >= 15 is 0 Å². The molecule has 1 unspecified atom stereocenters. The number of rotatable bonds is 2. The molecule has 2 N–H and O–H groups in total. The van der Waals surface area contributed by atoms with Crippen LogP contribution >= 0.6 is 0 Å². The van der Waals surface area contributed by atoms with E-state index in [2.05, 4.69) is 15.8 Å². The van der Waals surface area contributed by atoms with Crippen molar-refractivity contribution in [3.63, 3.8) is 0 Å². The number of nitrogens with one attached hydrogen (secondary N) is 2. The molecule has 1 spiro atoms. The van der Waals surface area contributed by atoms with Crippen LogP contribution in [0.3, 0.4) is 0 Å². The first-order chi connectivity index (χ1) is 11.8. The molecule has 0 saturated carbocycles. The number of amides is 4. The van der Waals surface area contributed by atoms with Crippen molar-refractivity contribution in [3.05, 3.63) is 46.3 Å². The maximum Gasteiger partial charge on any atom is 0.323 e. The predicted octanol–water partition coefficient (Wildman–Crippen LogP) is 1.18. The van der Waals surface area contributed by atoms with E-state index in [0.29, 0.717) is 22.7 Å². The van der Waals surface area contributed by atoms with Crippen LogP contribution in [0.1, 0.15) is 28.1 Å². The first kappa shape index (κ1) is 15.4. The van der Waals surface area contributed by atoms with Crippen LogP contribution in [0.5, 0.6) is 0 Å². The van der Waals surface area contributed by atoms with E-state index in [4.69, 9.17) is 4.52 Å². The van der Waals surface area contributed by atoms with Gasteiger partial charge in [-0.1, -0.05) is 22.9 Å². The molecule has 1 aromatic carbocycles. The lowest BCUT2D eigenvalue weighted by atomic mass is 9.90. The Morgan fingerprint density at radius 2 is 1.96 bits per heavy atom. The minimum absolute atomic E-state index is 0.209. The first-order valence-corrected chi connectivity index (χ1v) is 7.83. The van der Waals surface area contributed by atoms with Crippen LogP contribution in [0, 0.1) is 20.8 Å². The van der Waals surface area contributed by atoms with Crippen LogP contribution in [0.25, 0.3) is 0 Å². The van der Waals surface area contributed by atoms with Gasteiger partial charge in [0.2, 0.25) is 5.54 Å². The summed E-state index contributed by atoms with van der Waals surface area (Å²) in [5.74, 6) is -0.535. The topological polar surface area (TPSA) is 105 Å². The Kier molecular flexibility index (Phi) is 3.02. The van der Waals surface area contributed by atoms with E-state index in [-0.39, 0.29) is 6.54 Å². The van der Waals surface area contributed by atoms with E-state index in [0.717, 1.165) is 11.1 Å². The summed E-state index contributed by atoms with van der Waals surface area (Å²) in [6.45, 7) is 5.64. The Morgan fingerprint density at radius 1 is 1.20 bits per heavy atom. The second kappa shape index (κ2) is 4.92. The number of anilines is 1. The van der Waals surface area contributed by atoms with Crippen LogP contribution < -0.4 is 15.5 Å². The van der Waals surface area contributed by atoms with Crippen molar-refractivity contribution in [2.75, 3.05) is 4.90 Å². The van der Waals surface area contributed by atoms with E-state index < -0.39 is 23.4 Å². The van der Waals surface area contributed by atoms with Crippen LogP contribution in [0.15, 0.2) is 22.7 Å². The van der Waals surface area contributed by atoms with Gasteiger partial charge >= 0.3 is 6.03 Å². The van der Waals surface area contributed by atoms with E-state index in [9.17, 15) is 14.4 Å². The summed E-state index contributed by atoms with van der Waals surface area (Å²) in [6.07, 6.45) is 0. The average Bonchev–Trinajstić information content (AvgIpc) is 3.11. The molecular formula is C17H16N4O4. The quantitative estimate of drug-likeness (QED) is 0.631. The number of urea groups is 1. The zero-order chi connectivity index (χ0) is 17.9. The second-order valence-corrected chi connectivity index (χ2v) is 6.37. The van der Waals surface area contributed by atoms with Gasteiger partial charge in [0.15, 0.2) is 0 Å². The highest BCUT2D eigenvalue weighted by molar-refractivity contribution is 6.27. The molecule has 2 aromatic rings. The lowest BCUT2D eigenvalue weighted by molar-refractivity contribution is -0.134. The van der Waals surface area contributed by atoms with Gasteiger partial charge in [0, 0.05) is 11.1 Å². The number of hydrogen-bond donors (Lipinski definition) is 2. The molecule has 0 radical (unpaired) electrons. The van der Waals surface area contributed by atoms with Gasteiger partial charge in [0.05, 0.1) is 17.9 Å². The molecule has 1 aromatic heterocycles. The smallest absolute Gasteiger partial charge is 0.323 e. The fraction of sp³-hybridized carbons (Fsp3) is 0.294. The Labute approximate surface area is 143 Å². The molecule has 2 aliphatic heterocycles. The number of fused-ring (bicyclic) bond motifs is 2. The zero-order valence-corrected chi connectivity index (χ0v) is 14.0. The molecule has 0 bridgehead atoms. The van der Waals surface area contributed by atoms with Gasteiger partial charge in [-0.2, -0.15) is 0 Å². The van der Waals surface area contributed by atoms with Gasteiger partial charge in [0.25, 0.3) is 11.8 Å². The molecule has 1 atom stereocenters. The lowest BCUT2D eigenvalue weighted by Crippen LogP contribution is -2.52. The summed E-state index contributed by atoms with van der Waals surface area (Å²) < 4.78 is 5.17. The van der Waals surface area contributed by atoms with Gasteiger partial charge < -0.3 is 14.7 Å². The summed E-state index contributed by atoms with van der Waals surface area (Å²) in [7, 11) is 0. The number of imide groups is 1. The molecule has 25 heavy (non-hydrogen) atoms. The Bertz CT molecular complexity index is 929. The van der Waals surface area contributed by atoms with Crippen LogP contribution in [0.4, 0.5) is 10.5 Å². The number of aromatic nitrogens is 1. The third-order valence-electron chi connectivity index (χ3n) is 4.78. The molecule has 3 heterocycles. The molecule has 1 fully saturated rings. The molecule has 8 heteroatoms. The van der Waals surface area contributed by atoms with E-state index in [1.807, 2.05) is 13.0 Å². The first-order valence-electron chi connectivity index (χ1n) is 7.83. The Morgan fingerprint density at radius 3 is 2.56 bits per heavy atom. The van der Waals surface area contributed by atoms with Crippen molar-refractivity contribution in [3.8, 4) is 0 Å². The number of aryl methyl sites for hydroxylation is 3. The largest absolute Gasteiger partial charge is 0.361 e. The van der Waals surface area contributed by atoms with Gasteiger partial charge in [-0.3, -0.25) is 14.9 Å². The molecule has 2 aliphatic rings. The summed E-state index contributed by atoms with van der Waals surface area (Å²) in [5, 5.41) is 8.60. The molecular weight excluding hydrogens is 324 g/mol. The zero-order valence-electron chi connectivity index (χ0n) is 14.0. The number of benzene rings is 1. The van der Waals surface area contributed by atoms with Crippen molar-refractivity contribution in [2.45, 2.75) is 32.9 Å². The maximum atomic E-state index is 13.2. The lowest BCUT2D eigenvalue weighted by Gasteiger charge is -2.21. The van der Waals surface area contributed by atoms with Crippen LogP contribution in [0.2, 0.25) is 0 Å². The minimum Gasteiger partial charge on any atom is -0.361 e. The van der Waals surface area contributed by atoms with Crippen molar-refractivity contribution < 1.29 is 18.9 Å². The summed E-state index contributed by atoms with van der Waals surface area (Å²) >= 11 is 0. The van der Waals surface area contributed by atoms with Crippen molar-refractivity contribution >= 4 is 23.5 Å². The molecule has 8 nitrogen and oxygen atoms in total. The predicted molar refractivity (Wildman–Crippen MR) is 86.7 cm³/mol. The molecule has 0 aliphatic carbocycles. The van der Waals surface area contributed by atoms with Gasteiger partial charge in [-0.05, 0) is 26.8 Å². The fourth-order valence-electron chi connectivity index (χ4n) is 3.45. The van der Waals surface area contributed by atoms with Gasteiger partial charge in [0.1, 0.15) is 5.76 Å². The number of hydrogen-bond acceptors (Lipinski definition) is 5. The normalized spacial score (nSPS) is 21.7. The summed E-state index contributed by atoms with van der Waals surface area (Å²) in [4.78, 5) is 38.9. The Hall–Kier alpha value is -3.16. The van der Waals surface area contributed by atoms with E-state index in [1.165, 1.54) is 4.90 Å². The summed E-state index contributed by atoms with van der Waals surface area (Å²) in [5.41, 5.74) is 1.71. The van der Waals surface area contributed by atoms with Crippen molar-refractivity contribution in [1.29, 1.82) is 0 Å². The molecule has 128 valence electrons. The standard InChI is InChI=1S/C17H16N4O4/c1-8-4-5-13-12(6-8)17(14(22)18-16(24)19-17)15(23)21(13)7-11-9(2)20-25-10(11)3/h4-6H,7H2,1-3H3,(H2,18,19,22,24). The van der Waals surface area contributed by atoms with Gasteiger partial charge in [-0.25, -0.2) is 4.79 Å². The third kappa shape index (κ3) is 1.93. The number of carbonyl (C=O) groups is 3. The van der Waals surface area contributed by atoms with Crippen LogP contribution in [-0.2, 0) is 21.7 Å². The fourth-order valence-corrected chi connectivity index (χ4v) is 3.45. The Balaban J connectivity index is 1.87. The SMILES string of the molecule is Cc1ccc2c(c1)C1(NC(=O)NC1=O)C(=O)N2Cc1c(C)noc1C. The number of nitrogens with zero attached hydrogens (tertiary/aromatic N) is 2. The highest BCUT2D eigenvalue weighted by atomic mass is 16.5. The molecule has 4 rings (SSSR count).